The molecular formula is C23H19Cl2N3O5. The number of rotatable bonds is 9. The minimum absolute atomic E-state index is 0.0123. The number of nitrogens with zero attached hydrogens (tertiary/aromatic N) is 1. The summed E-state index contributed by atoms with van der Waals surface area (Å²) >= 11 is 12.0. The molecule has 3 aromatic carbocycles. The van der Waals surface area contributed by atoms with Gasteiger partial charge < -0.3 is 25.8 Å². The zero-order valence-corrected chi connectivity index (χ0v) is 18.7. The summed E-state index contributed by atoms with van der Waals surface area (Å²) in [5, 5.41) is 4.57. The van der Waals surface area contributed by atoms with E-state index in [-0.39, 0.29) is 24.6 Å². The minimum atomic E-state index is -0.689. The van der Waals surface area contributed by atoms with E-state index in [1.54, 1.807) is 66.7 Å². The number of amides is 1. The third-order valence-corrected chi connectivity index (χ3v) is 4.74. The Labute approximate surface area is 199 Å². The third kappa shape index (κ3) is 7.13. The Bertz CT molecular complexity index is 1180. The summed E-state index contributed by atoms with van der Waals surface area (Å²) in [6, 6.07) is 18.0. The first-order valence-electron chi connectivity index (χ1n) is 9.55. The Morgan fingerprint density at radius 2 is 1.64 bits per heavy atom. The van der Waals surface area contributed by atoms with Gasteiger partial charge in [-0.25, -0.2) is 4.79 Å². The summed E-state index contributed by atoms with van der Waals surface area (Å²) in [5.41, 5.74) is 12.4. The Morgan fingerprint density at radius 1 is 0.879 bits per heavy atom. The van der Waals surface area contributed by atoms with Gasteiger partial charge in [0.2, 0.25) is 0 Å². The van der Waals surface area contributed by atoms with Crippen LogP contribution in [0.25, 0.3) is 0 Å². The predicted octanol–water partition coefficient (Wildman–Crippen LogP) is 3.91. The van der Waals surface area contributed by atoms with Gasteiger partial charge in [0.1, 0.15) is 18.1 Å². The number of primary amides is 1. The van der Waals surface area contributed by atoms with Crippen molar-refractivity contribution < 1.29 is 23.9 Å². The van der Waals surface area contributed by atoms with Crippen molar-refractivity contribution in [1.82, 2.24) is 0 Å². The summed E-state index contributed by atoms with van der Waals surface area (Å²) in [6.07, 6.45) is 0. The molecule has 33 heavy (non-hydrogen) atoms. The minimum Gasteiger partial charge on any atom is -0.487 e. The Kier molecular flexibility index (Phi) is 8.12. The molecule has 0 heterocycles. The topological polar surface area (TPSA) is 126 Å². The van der Waals surface area contributed by atoms with Gasteiger partial charge in [0.05, 0.1) is 10.6 Å². The average molecular weight is 488 g/mol. The third-order valence-electron chi connectivity index (χ3n) is 4.21. The van der Waals surface area contributed by atoms with Crippen LogP contribution in [0.3, 0.4) is 0 Å². The van der Waals surface area contributed by atoms with Gasteiger partial charge in [0, 0.05) is 10.6 Å². The molecule has 0 unspecified atom stereocenters. The average Bonchev–Trinajstić information content (AvgIpc) is 2.81. The number of benzene rings is 3. The lowest BCUT2D eigenvalue weighted by Crippen LogP contribution is -2.20. The highest BCUT2D eigenvalue weighted by atomic mass is 35.5. The highest BCUT2D eigenvalue weighted by Crippen LogP contribution is 2.28. The molecule has 0 radical (unpaired) electrons. The number of carbonyl (C=O) groups excluding carboxylic acids is 2. The summed E-state index contributed by atoms with van der Waals surface area (Å²) in [7, 11) is 0. The lowest BCUT2D eigenvalue weighted by atomic mass is 10.1. The van der Waals surface area contributed by atoms with E-state index in [1.165, 1.54) is 0 Å². The van der Waals surface area contributed by atoms with Gasteiger partial charge in [-0.1, -0.05) is 40.5 Å². The van der Waals surface area contributed by atoms with Crippen LogP contribution in [0.1, 0.15) is 21.5 Å². The van der Waals surface area contributed by atoms with E-state index >= 15 is 0 Å². The smallest absolute Gasteiger partial charge is 0.365 e. The molecule has 0 saturated carbocycles. The molecule has 8 nitrogen and oxygen atoms in total. The number of ether oxygens (including phenoxy) is 2. The maximum Gasteiger partial charge on any atom is 0.365 e. The van der Waals surface area contributed by atoms with Gasteiger partial charge in [0.25, 0.3) is 5.91 Å². The van der Waals surface area contributed by atoms with Crippen LogP contribution >= 0.6 is 23.2 Å². The van der Waals surface area contributed by atoms with Gasteiger partial charge >= 0.3 is 5.97 Å². The molecule has 3 aromatic rings. The molecule has 10 heteroatoms. The van der Waals surface area contributed by atoms with Gasteiger partial charge in [-0.05, 0) is 60.2 Å². The predicted molar refractivity (Wildman–Crippen MR) is 125 cm³/mol. The van der Waals surface area contributed by atoms with Crippen LogP contribution in [-0.2, 0) is 16.2 Å². The molecule has 0 saturated heterocycles. The maximum absolute atomic E-state index is 12.4. The van der Waals surface area contributed by atoms with Crippen molar-refractivity contribution >= 4 is 40.9 Å². The molecule has 0 atom stereocenters. The number of carbonyl (C=O) groups is 2. The fourth-order valence-corrected chi connectivity index (χ4v) is 3.08. The van der Waals surface area contributed by atoms with Crippen molar-refractivity contribution in [2.75, 3.05) is 6.61 Å². The lowest BCUT2D eigenvalue weighted by Gasteiger charge is -2.09. The first-order chi connectivity index (χ1) is 15.8. The monoisotopic (exact) mass is 487 g/mol. The molecule has 0 spiro atoms. The zero-order chi connectivity index (χ0) is 23.8. The van der Waals surface area contributed by atoms with Crippen molar-refractivity contribution in [2.24, 2.45) is 16.6 Å². The molecule has 0 aliphatic carbocycles. The van der Waals surface area contributed by atoms with Crippen LogP contribution in [0.15, 0.2) is 71.9 Å². The number of amidine groups is 1. The number of nitrogens with two attached hydrogens (primary N) is 2. The molecule has 170 valence electrons. The van der Waals surface area contributed by atoms with Gasteiger partial charge in [-0.15, -0.1) is 0 Å². The first kappa shape index (κ1) is 23.9. The van der Waals surface area contributed by atoms with Crippen LogP contribution in [0.4, 0.5) is 0 Å². The van der Waals surface area contributed by atoms with Crippen LogP contribution in [0.5, 0.6) is 11.5 Å². The van der Waals surface area contributed by atoms with Crippen LogP contribution < -0.4 is 20.9 Å². The van der Waals surface area contributed by atoms with Gasteiger partial charge in [-0.3, -0.25) is 4.79 Å². The Balaban J connectivity index is 1.59. The molecule has 0 bridgehead atoms. The molecule has 0 fully saturated rings. The second kappa shape index (κ2) is 11.2. The SMILES string of the molecule is NC(=O)COc1ccc(/C(N)=N/OC(=O)c2cccc(COc3ccc(Cl)cc3Cl)c2)cc1. The second-order valence-electron chi connectivity index (χ2n) is 6.70. The lowest BCUT2D eigenvalue weighted by molar-refractivity contribution is -0.119. The zero-order valence-electron chi connectivity index (χ0n) is 17.2. The molecular weight excluding hydrogens is 469 g/mol. The van der Waals surface area contributed by atoms with E-state index in [9.17, 15) is 9.59 Å². The van der Waals surface area contributed by atoms with E-state index in [0.717, 1.165) is 5.56 Å². The van der Waals surface area contributed by atoms with Crippen LogP contribution in [0, 0.1) is 0 Å². The Hall–Kier alpha value is -3.75. The number of halogens is 2. The number of hydrogen-bond donors (Lipinski definition) is 2. The summed E-state index contributed by atoms with van der Waals surface area (Å²) in [6.45, 7) is -0.0601. The second-order valence-corrected chi connectivity index (χ2v) is 7.54. The van der Waals surface area contributed by atoms with Crippen molar-refractivity contribution in [3.05, 3.63) is 93.5 Å². The number of hydrogen-bond acceptors (Lipinski definition) is 6. The van der Waals surface area contributed by atoms with Crippen molar-refractivity contribution in [2.45, 2.75) is 6.61 Å². The highest BCUT2D eigenvalue weighted by Gasteiger charge is 2.10. The van der Waals surface area contributed by atoms with Crippen molar-refractivity contribution in [3.63, 3.8) is 0 Å². The Morgan fingerprint density at radius 3 is 2.33 bits per heavy atom. The van der Waals surface area contributed by atoms with Crippen LogP contribution in [0.2, 0.25) is 10.0 Å². The fourth-order valence-electron chi connectivity index (χ4n) is 2.61. The van der Waals surface area contributed by atoms with E-state index in [2.05, 4.69) is 5.16 Å². The molecule has 0 aliphatic heterocycles. The van der Waals surface area contributed by atoms with Crippen LogP contribution in [-0.4, -0.2) is 24.3 Å². The fraction of sp³-hybridized carbons (Fsp3) is 0.0870. The van der Waals surface area contributed by atoms with Crippen molar-refractivity contribution in [1.29, 1.82) is 0 Å². The van der Waals surface area contributed by atoms with Gasteiger partial charge in [0.15, 0.2) is 12.4 Å². The van der Waals surface area contributed by atoms with Crippen molar-refractivity contribution in [3.8, 4) is 11.5 Å². The quantitative estimate of drug-likeness (QED) is 0.204. The standard InChI is InChI=1S/C23H19Cl2N3O5/c24-17-6-9-20(19(25)11-17)32-12-14-2-1-3-16(10-14)23(30)33-28-22(27)15-4-7-18(8-5-15)31-13-21(26)29/h1-11H,12-13H2,(H2,26,29)(H2,27,28). The first-order valence-corrected chi connectivity index (χ1v) is 10.3. The van der Waals surface area contributed by atoms with E-state index in [1.807, 2.05) is 0 Å². The summed E-state index contributed by atoms with van der Waals surface area (Å²) in [4.78, 5) is 28.1. The van der Waals surface area contributed by atoms with E-state index < -0.39 is 11.9 Å². The highest BCUT2D eigenvalue weighted by molar-refractivity contribution is 6.35. The molecule has 3 rings (SSSR count). The molecule has 4 N–H and O–H groups in total. The van der Waals surface area contributed by atoms with E-state index in [4.69, 9.17) is 49.0 Å². The largest absolute Gasteiger partial charge is 0.487 e. The van der Waals surface area contributed by atoms with Gasteiger partial charge in [-0.2, -0.15) is 0 Å². The van der Waals surface area contributed by atoms with E-state index in [0.29, 0.717) is 27.1 Å². The molecule has 0 aliphatic rings. The molecule has 1 amide bonds. The molecule has 0 aromatic heterocycles. The number of oxime groups is 1. The summed E-state index contributed by atoms with van der Waals surface area (Å²) < 4.78 is 10.8. The maximum atomic E-state index is 12.4. The normalized spacial score (nSPS) is 11.0. The summed E-state index contributed by atoms with van der Waals surface area (Å²) in [5.74, 6) is -0.386.